The van der Waals surface area contributed by atoms with Crippen LogP contribution in [0.2, 0.25) is 0 Å². The first-order chi connectivity index (χ1) is 31.8. The number of sulfonamides is 1. The monoisotopic (exact) mass is 996 g/mol. The van der Waals surface area contributed by atoms with Gasteiger partial charge in [-0.15, -0.1) is 29.8 Å². The summed E-state index contributed by atoms with van der Waals surface area (Å²) in [7, 11) is -4.03. The number of nitrogens with two attached hydrogens (primary N) is 2. The Morgan fingerprint density at radius 3 is 1.44 bits per heavy atom. The Hall–Kier alpha value is -7.72. The van der Waals surface area contributed by atoms with Crippen molar-refractivity contribution in [3.8, 4) is 23.0 Å². The quantitative estimate of drug-likeness (QED) is 0.0186. The molecule has 0 bridgehead atoms. The molecule has 8 aromatic carbocycles. The van der Waals surface area contributed by atoms with Gasteiger partial charge in [0.15, 0.2) is 11.5 Å². The van der Waals surface area contributed by atoms with Crippen molar-refractivity contribution in [3.05, 3.63) is 169 Å². The molecule has 8 rings (SSSR count). The number of aromatic hydroxyl groups is 4. The van der Waals surface area contributed by atoms with E-state index in [4.69, 9.17) is 11.0 Å². The molecule has 21 heteroatoms. The molecule has 348 valence electrons. The minimum atomic E-state index is -4.03. The SMILES string of the molecule is C.NOOSc1ccc(O)c(N=Nc2c(O)c(C(=O)Nc3ccccc3)cc3ccccc23)c1.NS(=O)(=O)c1ccc(O)c(N=Nc2c(O)c(C(=O)Nc3ccccc3)cc3ccccc23)c1.[Fe]. The third-order valence-electron chi connectivity index (χ3n) is 9.45. The van der Waals surface area contributed by atoms with Gasteiger partial charge in [0.2, 0.25) is 10.0 Å². The van der Waals surface area contributed by atoms with Gasteiger partial charge in [-0.3, -0.25) is 9.59 Å². The predicted octanol–water partition coefficient (Wildman–Crippen LogP) is 10.9. The number of para-hydroxylation sites is 2. The van der Waals surface area contributed by atoms with Crippen LogP contribution in [0, 0.1) is 0 Å². The number of carbonyl (C=O) groups excluding carboxylic acids is 2. The number of hydrogen-bond donors (Lipinski definition) is 8. The van der Waals surface area contributed by atoms with Crippen LogP contribution in [0.4, 0.5) is 34.1 Å². The number of nitrogens with one attached hydrogen (secondary N) is 2. The van der Waals surface area contributed by atoms with Gasteiger partial charge in [-0.1, -0.05) is 92.4 Å². The number of amides is 2. The Kier molecular flexibility index (Phi) is 17.4. The van der Waals surface area contributed by atoms with Gasteiger partial charge in [0.1, 0.15) is 34.2 Å². The number of anilines is 2. The largest absolute Gasteiger partial charge is 0.506 e. The number of benzene rings is 8. The van der Waals surface area contributed by atoms with Gasteiger partial charge in [0.25, 0.3) is 11.8 Å². The van der Waals surface area contributed by atoms with Crippen molar-refractivity contribution in [2.75, 3.05) is 10.6 Å². The summed E-state index contributed by atoms with van der Waals surface area (Å²) < 4.78 is 27.8. The van der Waals surface area contributed by atoms with Crippen LogP contribution in [-0.4, -0.2) is 40.7 Å². The number of primary sulfonamides is 1. The fraction of sp³-hybridized carbons (Fsp3) is 0.0213. The van der Waals surface area contributed by atoms with E-state index in [9.17, 15) is 38.4 Å². The van der Waals surface area contributed by atoms with Crippen LogP contribution in [0.5, 0.6) is 23.0 Å². The van der Waals surface area contributed by atoms with Crippen molar-refractivity contribution in [1.82, 2.24) is 0 Å². The summed E-state index contributed by atoms with van der Waals surface area (Å²) in [6.45, 7) is 0. The fourth-order valence-electron chi connectivity index (χ4n) is 6.29. The number of fused-ring (bicyclic) bond motifs is 2. The molecule has 0 fully saturated rings. The van der Waals surface area contributed by atoms with E-state index >= 15 is 0 Å². The average Bonchev–Trinajstić information content (AvgIpc) is 3.31. The molecular weight excluding hydrogens is 957 g/mol. The molecule has 18 nitrogen and oxygen atoms in total. The number of hydrogen-bond acceptors (Lipinski definition) is 16. The standard InChI is InChI=1S/2C23H18N4O5S.CH4.Fe/c24-33(31,32)16-10-11-20(28)19(13-16)26-27-21-17-9-5-4-6-14(17)12-18(22(21)29)23(30)25-15-7-2-1-3-8-15;24-31-32-33-16-10-11-20(28)19(13-16)26-27-21-17-9-5-4-6-14(17)12-18(22(21)29)23(30)25-15-7-2-1-3-8-15;;/h1-13,28-29H,(H,25,30)(H2,24,31,32);1-13,28-29H,24H2,(H,25,30);1H4;. The van der Waals surface area contributed by atoms with Crippen LogP contribution in [-0.2, 0) is 36.4 Å². The molecule has 0 saturated carbocycles. The minimum absolute atomic E-state index is 0. The van der Waals surface area contributed by atoms with Crippen molar-refractivity contribution in [2.45, 2.75) is 17.2 Å². The van der Waals surface area contributed by atoms with Crippen molar-refractivity contribution in [3.63, 3.8) is 0 Å². The summed E-state index contributed by atoms with van der Waals surface area (Å²) in [4.78, 5) is 30.1. The van der Waals surface area contributed by atoms with E-state index in [1.54, 1.807) is 103 Å². The normalized spacial score (nSPS) is 11.1. The molecule has 68 heavy (non-hydrogen) atoms. The molecule has 0 aromatic heterocycles. The molecular formula is C47H40FeN8O10S2. The Bertz CT molecular complexity index is 3280. The molecule has 0 saturated heterocycles. The van der Waals surface area contributed by atoms with E-state index in [1.165, 1.54) is 18.2 Å². The molecule has 0 atom stereocenters. The van der Waals surface area contributed by atoms with Crippen molar-refractivity contribution < 1.29 is 64.8 Å². The van der Waals surface area contributed by atoms with Crippen LogP contribution in [0.1, 0.15) is 28.1 Å². The second kappa shape index (κ2) is 23.1. The van der Waals surface area contributed by atoms with Crippen LogP contribution < -0.4 is 21.7 Å². The molecule has 2 amide bonds. The van der Waals surface area contributed by atoms with E-state index < -0.39 is 27.6 Å². The average molecular weight is 997 g/mol. The van der Waals surface area contributed by atoms with Gasteiger partial charge < -0.3 is 31.1 Å². The van der Waals surface area contributed by atoms with E-state index in [1.807, 2.05) is 18.2 Å². The minimum Gasteiger partial charge on any atom is -0.506 e. The number of carbonyl (C=O) groups is 2. The van der Waals surface area contributed by atoms with Crippen LogP contribution >= 0.6 is 12.0 Å². The van der Waals surface area contributed by atoms with Gasteiger partial charge >= 0.3 is 0 Å². The summed E-state index contributed by atoms with van der Waals surface area (Å²) in [5.41, 5.74) is 1.14. The van der Waals surface area contributed by atoms with Gasteiger partial charge in [-0.25, -0.2) is 13.6 Å². The number of azo groups is 2. The Morgan fingerprint density at radius 1 is 0.559 bits per heavy atom. The predicted molar refractivity (Wildman–Crippen MR) is 255 cm³/mol. The molecule has 0 aliphatic heterocycles. The number of rotatable bonds is 12. The summed E-state index contributed by atoms with van der Waals surface area (Å²) in [6.07, 6.45) is 0. The third kappa shape index (κ3) is 12.4. The summed E-state index contributed by atoms with van der Waals surface area (Å²) in [6, 6.07) is 42.6. The maximum atomic E-state index is 12.9. The zero-order chi connectivity index (χ0) is 46.8. The first-order valence-corrected chi connectivity index (χ1v) is 21.5. The number of phenols is 4. The summed E-state index contributed by atoms with van der Waals surface area (Å²) in [5, 5.41) is 71.2. The summed E-state index contributed by atoms with van der Waals surface area (Å²) >= 11 is 0.816. The zero-order valence-electron chi connectivity index (χ0n) is 34.4. The smallest absolute Gasteiger partial charge is 0.259 e. The molecule has 10 N–H and O–H groups in total. The van der Waals surface area contributed by atoms with Crippen molar-refractivity contribution in [2.24, 2.45) is 31.5 Å². The molecule has 8 aromatic rings. The van der Waals surface area contributed by atoms with E-state index in [0.29, 0.717) is 37.8 Å². The van der Waals surface area contributed by atoms with E-state index in [2.05, 4.69) is 40.4 Å². The van der Waals surface area contributed by atoms with Crippen molar-refractivity contribution >= 4 is 89.5 Å². The maximum Gasteiger partial charge on any atom is 0.259 e. The molecule has 0 aliphatic rings. The maximum absolute atomic E-state index is 12.9. The van der Waals surface area contributed by atoms with Gasteiger partial charge in [0, 0.05) is 44.1 Å². The topological polar surface area (TPSA) is 293 Å². The molecule has 0 heterocycles. The van der Waals surface area contributed by atoms with Gasteiger partial charge in [0.05, 0.1) is 28.1 Å². The van der Waals surface area contributed by atoms with E-state index in [-0.39, 0.29) is 80.5 Å². The van der Waals surface area contributed by atoms with Gasteiger partial charge in [-0.2, -0.15) is 5.90 Å². The molecule has 0 radical (unpaired) electrons. The summed E-state index contributed by atoms with van der Waals surface area (Å²) in [5.74, 6) is 2.55. The third-order valence-corrected chi connectivity index (χ3v) is 11.0. The molecule has 0 unspecified atom stereocenters. The van der Waals surface area contributed by atoms with Crippen LogP contribution in [0.15, 0.2) is 188 Å². The Morgan fingerprint density at radius 2 is 0.985 bits per heavy atom. The second-order valence-corrected chi connectivity index (χ2v) is 16.2. The van der Waals surface area contributed by atoms with Crippen molar-refractivity contribution in [1.29, 1.82) is 0 Å². The van der Waals surface area contributed by atoms with E-state index in [0.717, 1.165) is 30.2 Å². The first-order valence-electron chi connectivity index (χ1n) is 19.3. The first kappa shape index (κ1) is 51.3. The molecule has 0 spiro atoms. The van der Waals surface area contributed by atoms with Crippen LogP contribution in [0.3, 0.4) is 0 Å². The zero-order valence-corrected chi connectivity index (χ0v) is 37.1. The fourth-order valence-corrected chi connectivity index (χ4v) is 7.22. The Labute approximate surface area is 403 Å². The Balaban J connectivity index is 0.000000247. The second-order valence-electron chi connectivity index (χ2n) is 13.8. The molecule has 0 aliphatic carbocycles. The number of phenolic OH excluding ortho intramolecular Hbond substituents is 4. The number of nitrogens with zero attached hydrogens (tertiary/aromatic N) is 4. The van der Waals surface area contributed by atoms with Gasteiger partial charge in [-0.05, 0) is 83.6 Å². The van der Waals surface area contributed by atoms with Crippen LogP contribution in [0.25, 0.3) is 21.5 Å².